The molecule has 0 saturated heterocycles. The lowest BCUT2D eigenvalue weighted by Gasteiger charge is -2.23. The third-order valence-electron chi connectivity index (χ3n) is 3.98. The van der Waals surface area contributed by atoms with E-state index in [2.05, 4.69) is 5.32 Å². The Morgan fingerprint density at radius 2 is 2.13 bits per heavy atom. The molecule has 3 heteroatoms. The molecule has 0 aromatic heterocycles. The van der Waals surface area contributed by atoms with Crippen molar-refractivity contribution in [3.8, 4) is 0 Å². The third kappa shape index (κ3) is 2.51. The van der Waals surface area contributed by atoms with Crippen molar-refractivity contribution in [2.24, 2.45) is 11.8 Å². The Balaban J connectivity index is 1.65. The Morgan fingerprint density at radius 1 is 1.33 bits per heavy atom. The zero-order valence-corrected chi connectivity index (χ0v) is 9.83. The van der Waals surface area contributed by atoms with Crippen LogP contribution < -0.4 is 5.32 Å². The maximum atomic E-state index is 11.4. The average molecular weight is 210 g/mol. The third-order valence-corrected chi connectivity index (χ3v) is 3.98. The van der Waals surface area contributed by atoms with E-state index in [1.165, 1.54) is 25.7 Å². The summed E-state index contributed by atoms with van der Waals surface area (Å²) in [5, 5.41) is 3.55. The van der Waals surface area contributed by atoms with Gasteiger partial charge in [0.1, 0.15) is 0 Å². The molecule has 2 aliphatic carbocycles. The second-order valence-corrected chi connectivity index (χ2v) is 5.27. The van der Waals surface area contributed by atoms with Crippen LogP contribution in [-0.4, -0.2) is 37.5 Å². The van der Waals surface area contributed by atoms with Gasteiger partial charge in [-0.25, -0.2) is 0 Å². The summed E-state index contributed by atoms with van der Waals surface area (Å²) in [6.07, 6.45) is 6.27. The number of amides is 1. The van der Waals surface area contributed by atoms with Crippen molar-refractivity contribution >= 4 is 5.91 Å². The summed E-state index contributed by atoms with van der Waals surface area (Å²) in [6, 6.07) is 0.707. The number of hydrogen-bond donors (Lipinski definition) is 1. The molecule has 0 radical (unpaired) electrons. The van der Waals surface area contributed by atoms with E-state index in [-0.39, 0.29) is 5.91 Å². The fraction of sp³-hybridized carbons (Fsp3) is 0.917. The second-order valence-electron chi connectivity index (χ2n) is 5.27. The first kappa shape index (κ1) is 10.9. The number of hydrogen-bond acceptors (Lipinski definition) is 2. The van der Waals surface area contributed by atoms with E-state index >= 15 is 0 Å². The lowest BCUT2D eigenvalue weighted by atomic mass is 9.95. The topological polar surface area (TPSA) is 32.3 Å². The highest BCUT2D eigenvalue weighted by Gasteiger charge is 2.38. The van der Waals surface area contributed by atoms with E-state index in [4.69, 9.17) is 0 Å². The van der Waals surface area contributed by atoms with Gasteiger partial charge in [-0.2, -0.15) is 0 Å². The molecule has 0 aliphatic heterocycles. The van der Waals surface area contributed by atoms with Crippen LogP contribution in [0.1, 0.15) is 32.1 Å². The second kappa shape index (κ2) is 4.52. The van der Waals surface area contributed by atoms with Crippen LogP contribution in [0.2, 0.25) is 0 Å². The lowest BCUT2D eigenvalue weighted by molar-refractivity contribution is -0.128. The van der Waals surface area contributed by atoms with E-state index in [9.17, 15) is 4.79 Å². The van der Waals surface area contributed by atoms with Gasteiger partial charge in [-0.15, -0.1) is 0 Å². The summed E-state index contributed by atoms with van der Waals surface area (Å²) < 4.78 is 0. The quantitative estimate of drug-likeness (QED) is 0.757. The fourth-order valence-corrected chi connectivity index (χ4v) is 3.08. The highest BCUT2D eigenvalue weighted by atomic mass is 16.2. The van der Waals surface area contributed by atoms with Crippen molar-refractivity contribution in [3.05, 3.63) is 0 Å². The SMILES string of the molecule is CN(C)C(=O)CCNC1CC2CCC1C2. The van der Waals surface area contributed by atoms with Gasteiger partial charge in [-0.3, -0.25) is 4.79 Å². The van der Waals surface area contributed by atoms with Gasteiger partial charge in [0.2, 0.25) is 5.91 Å². The molecule has 2 saturated carbocycles. The molecule has 3 nitrogen and oxygen atoms in total. The first-order valence-electron chi connectivity index (χ1n) is 6.10. The molecule has 2 fully saturated rings. The predicted octanol–water partition coefficient (Wildman–Crippen LogP) is 1.24. The van der Waals surface area contributed by atoms with Crippen LogP contribution >= 0.6 is 0 Å². The van der Waals surface area contributed by atoms with Gasteiger partial charge in [0.15, 0.2) is 0 Å². The molecule has 0 aromatic carbocycles. The van der Waals surface area contributed by atoms with Crippen LogP contribution in [0.4, 0.5) is 0 Å². The van der Waals surface area contributed by atoms with E-state index in [1.54, 1.807) is 4.90 Å². The van der Waals surface area contributed by atoms with Gasteiger partial charge in [0.05, 0.1) is 0 Å². The summed E-state index contributed by atoms with van der Waals surface area (Å²) in [7, 11) is 3.64. The molecule has 2 bridgehead atoms. The monoisotopic (exact) mass is 210 g/mol. The molecule has 3 atom stereocenters. The zero-order valence-electron chi connectivity index (χ0n) is 9.83. The Bertz CT molecular complexity index is 240. The summed E-state index contributed by atoms with van der Waals surface area (Å²) in [6.45, 7) is 0.852. The maximum Gasteiger partial charge on any atom is 0.223 e. The van der Waals surface area contributed by atoms with E-state index in [1.807, 2.05) is 14.1 Å². The Morgan fingerprint density at radius 3 is 2.67 bits per heavy atom. The molecule has 1 N–H and O–H groups in total. The van der Waals surface area contributed by atoms with Crippen LogP contribution in [0, 0.1) is 11.8 Å². The standard InChI is InChI=1S/C12H22N2O/c1-14(2)12(15)5-6-13-11-8-9-3-4-10(11)7-9/h9-11,13H,3-8H2,1-2H3. The highest BCUT2D eigenvalue weighted by Crippen LogP contribution is 2.44. The zero-order chi connectivity index (χ0) is 10.8. The minimum Gasteiger partial charge on any atom is -0.349 e. The van der Waals surface area contributed by atoms with Crippen molar-refractivity contribution < 1.29 is 4.79 Å². The van der Waals surface area contributed by atoms with E-state index < -0.39 is 0 Å². The van der Waals surface area contributed by atoms with Crippen LogP contribution in [0.3, 0.4) is 0 Å². The Labute approximate surface area is 92.2 Å². The van der Waals surface area contributed by atoms with Crippen molar-refractivity contribution in [2.45, 2.75) is 38.1 Å². The fourth-order valence-electron chi connectivity index (χ4n) is 3.08. The molecule has 1 amide bonds. The Hall–Kier alpha value is -0.570. The first-order chi connectivity index (χ1) is 7.16. The number of nitrogens with one attached hydrogen (secondary N) is 1. The van der Waals surface area contributed by atoms with Crippen LogP contribution in [0.15, 0.2) is 0 Å². The normalized spacial score (nSPS) is 33.3. The largest absolute Gasteiger partial charge is 0.349 e. The molecular weight excluding hydrogens is 188 g/mol. The number of nitrogens with zero attached hydrogens (tertiary/aromatic N) is 1. The average Bonchev–Trinajstić information content (AvgIpc) is 2.78. The van der Waals surface area contributed by atoms with E-state index in [0.717, 1.165) is 18.4 Å². The number of fused-ring (bicyclic) bond motifs is 2. The van der Waals surface area contributed by atoms with E-state index in [0.29, 0.717) is 12.5 Å². The van der Waals surface area contributed by atoms with Crippen LogP contribution in [0.5, 0.6) is 0 Å². The van der Waals surface area contributed by atoms with Crippen LogP contribution in [-0.2, 0) is 4.79 Å². The summed E-state index contributed by atoms with van der Waals surface area (Å²) in [4.78, 5) is 13.0. The van der Waals surface area contributed by atoms with Crippen LogP contribution in [0.25, 0.3) is 0 Å². The van der Waals surface area contributed by atoms with Gasteiger partial charge >= 0.3 is 0 Å². The molecule has 2 rings (SSSR count). The molecule has 3 unspecified atom stereocenters. The van der Waals surface area contributed by atoms with Crippen molar-refractivity contribution in [1.29, 1.82) is 0 Å². The van der Waals surface area contributed by atoms with Crippen molar-refractivity contribution in [1.82, 2.24) is 10.2 Å². The molecule has 86 valence electrons. The van der Waals surface area contributed by atoms with Gasteiger partial charge < -0.3 is 10.2 Å². The minimum atomic E-state index is 0.227. The molecular formula is C12H22N2O. The van der Waals surface area contributed by atoms with Gasteiger partial charge in [0.25, 0.3) is 0 Å². The first-order valence-corrected chi connectivity index (χ1v) is 6.10. The highest BCUT2D eigenvalue weighted by molar-refractivity contribution is 5.75. The number of carbonyl (C=O) groups is 1. The number of rotatable bonds is 4. The molecule has 15 heavy (non-hydrogen) atoms. The van der Waals surface area contributed by atoms with Crippen molar-refractivity contribution in [3.63, 3.8) is 0 Å². The lowest BCUT2D eigenvalue weighted by Crippen LogP contribution is -2.36. The summed E-state index contributed by atoms with van der Waals surface area (Å²) in [5.41, 5.74) is 0. The van der Waals surface area contributed by atoms with Gasteiger partial charge in [0, 0.05) is 33.1 Å². The molecule has 0 aromatic rings. The predicted molar refractivity (Wildman–Crippen MR) is 60.5 cm³/mol. The number of carbonyl (C=O) groups excluding carboxylic acids is 1. The smallest absolute Gasteiger partial charge is 0.223 e. The Kier molecular flexibility index (Phi) is 3.29. The van der Waals surface area contributed by atoms with Crippen molar-refractivity contribution in [2.75, 3.05) is 20.6 Å². The molecule has 0 heterocycles. The minimum absolute atomic E-state index is 0.227. The molecule has 2 aliphatic rings. The summed E-state index contributed by atoms with van der Waals surface area (Å²) >= 11 is 0. The summed E-state index contributed by atoms with van der Waals surface area (Å²) in [5.74, 6) is 2.12. The van der Waals surface area contributed by atoms with Gasteiger partial charge in [-0.05, 0) is 31.1 Å². The maximum absolute atomic E-state index is 11.4. The van der Waals surface area contributed by atoms with Gasteiger partial charge in [-0.1, -0.05) is 6.42 Å². The molecule has 0 spiro atoms.